The molecule has 0 fully saturated rings. The molecule has 0 aromatic heterocycles. The quantitative estimate of drug-likeness (QED) is 0.639. The molecule has 0 saturated carbocycles. The summed E-state index contributed by atoms with van der Waals surface area (Å²) < 4.78 is 24.1. The molecule has 1 amide bonds. The molecule has 2 aromatic carbocycles. The van der Waals surface area contributed by atoms with E-state index < -0.39 is 11.7 Å². The molecule has 126 valence electrons. The molecule has 0 saturated heterocycles. The van der Waals surface area contributed by atoms with Crippen LogP contribution in [0.3, 0.4) is 0 Å². The Morgan fingerprint density at radius 3 is 2.79 bits per heavy atom. The largest absolute Gasteiger partial charge is 0.491 e. The Kier molecular flexibility index (Phi) is 6.14. The van der Waals surface area contributed by atoms with Crippen LogP contribution < -0.4 is 14.9 Å². The third-order valence-corrected chi connectivity index (χ3v) is 3.31. The van der Waals surface area contributed by atoms with E-state index in [1.807, 2.05) is 6.92 Å². The highest BCUT2D eigenvalue weighted by atomic mass is 35.5. The van der Waals surface area contributed by atoms with E-state index in [1.165, 1.54) is 31.5 Å². The third kappa shape index (κ3) is 4.23. The number of hydrazone groups is 1. The van der Waals surface area contributed by atoms with Gasteiger partial charge in [0.15, 0.2) is 11.5 Å². The molecule has 0 aliphatic heterocycles. The predicted octanol–water partition coefficient (Wildman–Crippen LogP) is 3.65. The smallest absolute Gasteiger partial charge is 0.274 e. The lowest BCUT2D eigenvalue weighted by Gasteiger charge is -2.11. The summed E-state index contributed by atoms with van der Waals surface area (Å²) in [4.78, 5) is 11.9. The molecular formula is C17H16ClFN2O3. The Bertz CT molecular complexity index is 765. The maximum Gasteiger partial charge on any atom is 0.274 e. The molecule has 0 atom stereocenters. The molecule has 2 aromatic rings. The summed E-state index contributed by atoms with van der Waals surface area (Å²) >= 11 is 6.12. The standard InChI is InChI=1S/C17H16ClFN2O3/c1-3-24-15-9-11(8-13(18)16(15)23-2)10-20-21-17(22)12-6-4-5-7-14(12)19/h4-10H,3H2,1-2H3,(H,21,22)/b20-10-. The second-order valence-corrected chi connectivity index (χ2v) is 5.05. The van der Waals surface area contributed by atoms with Gasteiger partial charge in [-0.1, -0.05) is 23.7 Å². The highest BCUT2D eigenvalue weighted by Gasteiger charge is 2.11. The fraction of sp³-hybridized carbons (Fsp3) is 0.176. The molecular weight excluding hydrogens is 335 g/mol. The van der Waals surface area contributed by atoms with E-state index in [0.717, 1.165) is 0 Å². The van der Waals surface area contributed by atoms with Gasteiger partial charge in [-0.15, -0.1) is 0 Å². The van der Waals surface area contributed by atoms with Gasteiger partial charge < -0.3 is 9.47 Å². The molecule has 7 heteroatoms. The molecule has 2 rings (SSSR count). The molecule has 0 aliphatic carbocycles. The Hall–Kier alpha value is -2.60. The van der Waals surface area contributed by atoms with E-state index in [1.54, 1.807) is 18.2 Å². The Morgan fingerprint density at radius 1 is 1.38 bits per heavy atom. The lowest BCUT2D eigenvalue weighted by Crippen LogP contribution is -2.18. The average molecular weight is 351 g/mol. The number of nitrogens with zero attached hydrogens (tertiary/aromatic N) is 1. The van der Waals surface area contributed by atoms with Crippen LogP contribution in [-0.4, -0.2) is 25.8 Å². The lowest BCUT2D eigenvalue weighted by molar-refractivity contribution is 0.0951. The number of ether oxygens (including phenoxy) is 2. The number of amides is 1. The van der Waals surface area contributed by atoms with Crippen LogP contribution in [0, 0.1) is 5.82 Å². The second kappa shape index (κ2) is 8.31. The van der Waals surface area contributed by atoms with Crippen molar-refractivity contribution < 1.29 is 18.7 Å². The number of benzene rings is 2. The maximum absolute atomic E-state index is 13.5. The zero-order chi connectivity index (χ0) is 17.5. The Morgan fingerprint density at radius 2 is 2.12 bits per heavy atom. The lowest BCUT2D eigenvalue weighted by atomic mass is 10.2. The van der Waals surface area contributed by atoms with Gasteiger partial charge in [-0.2, -0.15) is 5.10 Å². The molecule has 0 aliphatic rings. The van der Waals surface area contributed by atoms with Crippen molar-refractivity contribution >= 4 is 23.7 Å². The highest BCUT2D eigenvalue weighted by molar-refractivity contribution is 6.32. The summed E-state index contributed by atoms with van der Waals surface area (Å²) in [6.07, 6.45) is 1.38. The predicted molar refractivity (Wildman–Crippen MR) is 90.6 cm³/mol. The van der Waals surface area contributed by atoms with Crippen LogP contribution in [-0.2, 0) is 0 Å². The van der Waals surface area contributed by atoms with Gasteiger partial charge in [-0.3, -0.25) is 4.79 Å². The van der Waals surface area contributed by atoms with Crippen LogP contribution in [0.25, 0.3) is 0 Å². The number of rotatable bonds is 6. The summed E-state index contributed by atoms with van der Waals surface area (Å²) in [5, 5.41) is 4.16. The fourth-order valence-corrected chi connectivity index (χ4v) is 2.29. The van der Waals surface area contributed by atoms with Crippen molar-refractivity contribution in [1.82, 2.24) is 5.43 Å². The minimum Gasteiger partial charge on any atom is -0.491 e. The SMILES string of the molecule is CCOc1cc(/C=N\NC(=O)c2ccccc2F)cc(Cl)c1OC. The zero-order valence-electron chi connectivity index (χ0n) is 13.2. The van der Waals surface area contributed by atoms with Crippen molar-refractivity contribution in [2.24, 2.45) is 5.10 Å². The first-order valence-corrected chi connectivity index (χ1v) is 7.52. The van der Waals surface area contributed by atoms with Gasteiger partial charge in [0, 0.05) is 0 Å². The number of methoxy groups -OCH3 is 1. The van der Waals surface area contributed by atoms with Gasteiger partial charge in [-0.05, 0) is 36.8 Å². The third-order valence-electron chi connectivity index (χ3n) is 3.03. The second-order valence-electron chi connectivity index (χ2n) is 4.65. The van der Waals surface area contributed by atoms with Crippen LogP contribution >= 0.6 is 11.6 Å². The van der Waals surface area contributed by atoms with E-state index >= 15 is 0 Å². The van der Waals surface area contributed by atoms with Gasteiger partial charge in [0.25, 0.3) is 5.91 Å². The molecule has 24 heavy (non-hydrogen) atoms. The van der Waals surface area contributed by atoms with Crippen molar-refractivity contribution in [2.75, 3.05) is 13.7 Å². The summed E-state index contributed by atoms with van der Waals surface area (Å²) in [5.74, 6) is -0.370. The monoisotopic (exact) mass is 350 g/mol. The zero-order valence-corrected chi connectivity index (χ0v) is 13.9. The van der Waals surface area contributed by atoms with Crippen molar-refractivity contribution in [2.45, 2.75) is 6.92 Å². The Labute approximate surface area is 144 Å². The van der Waals surface area contributed by atoms with Crippen molar-refractivity contribution in [3.63, 3.8) is 0 Å². The van der Waals surface area contributed by atoms with E-state index in [-0.39, 0.29) is 5.56 Å². The van der Waals surface area contributed by atoms with Crippen LogP contribution in [0.4, 0.5) is 4.39 Å². The van der Waals surface area contributed by atoms with E-state index in [9.17, 15) is 9.18 Å². The minimum absolute atomic E-state index is 0.0857. The summed E-state index contributed by atoms with van der Waals surface area (Å²) in [6.45, 7) is 2.28. The van der Waals surface area contributed by atoms with Gasteiger partial charge >= 0.3 is 0 Å². The number of carbonyl (C=O) groups excluding carboxylic acids is 1. The number of hydrogen-bond donors (Lipinski definition) is 1. The van der Waals surface area contributed by atoms with E-state index in [0.29, 0.717) is 28.7 Å². The molecule has 0 unspecified atom stereocenters. The first kappa shape index (κ1) is 17.7. The van der Waals surface area contributed by atoms with Crippen molar-refractivity contribution in [3.8, 4) is 11.5 Å². The molecule has 0 spiro atoms. The minimum atomic E-state index is -0.644. The normalized spacial score (nSPS) is 10.7. The van der Waals surface area contributed by atoms with Gasteiger partial charge in [-0.25, -0.2) is 9.82 Å². The number of nitrogens with one attached hydrogen (secondary N) is 1. The first-order valence-electron chi connectivity index (χ1n) is 7.15. The van der Waals surface area contributed by atoms with Crippen molar-refractivity contribution in [3.05, 3.63) is 58.4 Å². The van der Waals surface area contributed by atoms with Crippen LogP contribution in [0.2, 0.25) is 5.02 Å². The van der Waals surface area contributed by atoms with Crippen LogP contribution in [0.15, 0.2) is 41.5 Å². The summed E-state index contributed by atoms with van der Waals surface area (Å²) in [7, 11) is 1.49. The highest BCUT2D eigenvalue weighted by Crippen LogP contribution is 2.35. The molecule has 1 N–H and O–H groups in total. The number of halogens is 2. The topological polar surface area (TPSA) is 59.9 Å². The summed E-state index contributed by atoms with van der Waals surface area (Å²) in [5.41, 5.74) is 2.77. The van der Waals surface area contributed by atoms with Gasteiger partial charge in [0.1, 0.15) is 5.82 Å². The first-order chi connectivity index (χ1) is 11.6. The summed E-state index contributed by atoms with van der Waals surface area (Å²) in [6, 6.07) is 8.94. The Balaban J connectivity index is 2.14. The number of hydrogen-bond acceptors (Lipinski definition) is 4. The van der Waals surface area contributed by atoms with Crippen LogP contribution in [0.5, 0.6) is 11.5 Å². The van der Waals surface area contributed by atoms with Crippen LogP contribution in [0.1, 0.15) is 22.8 Å². The molecule has 0 radical (unpaired) electrons. The average Bonchev–Trinajstić information content (AvgIpc) is 2.55. The van der Waals surface area contributed by atoms with Gasteiger partial charge in [0.05, 0.1) is 30.5 Å². The molecule has 0 heterocycles. The van der Waals surface area contributed by atoms with Gasteiger partial charge in [0.2, 0.25) is 0 Å². The number of carbonyl (C=O) groups is 1. The fourth-order valence-electron chi connectivity index (χ4n) is 1.99. The maximum atomic E-state index is 13.5. The van der Waals surface area contributed by atoms with E-state index in [2.05, 4.69) is 10.5 Å². The molecule has 5 nitrogen and oxygen atoms in total. The van der Waals surface area contributed by atoms with Crippen molar-refractivity contribution in [1.29, 1.82) is 0 Å². The molecule has 0 bridgehead atoms. The van der Waals surface area contributed by atoms with E-state index in [4.69, 9.17) is 21.1 Å².